The van der Waals surface area contributed by atoms with Crippen LogP contribution < -0.4 is 16.4 Å². The number of hydrogen-bond donors (Lipinski definition) is 3. The minimum atomic E-state index is -0.650. The molecule has 1 atom stereocenters. The Balaban J connectivity index is 1.74. The number of rotatable bonds is 5. The first kappa shape index (κ1) is 18.5. The third-order valence-corrected chi connectivity index (χ3v) is 5.18. The van der Waals surface area contributed by atoms with Gasteiger partial charge in [-0.3, -0.25) is 4.79 Å². The number of hydrogen-bond acceptors (Lipinski definition) is 2. The van der Waals surface area contributed by atoms with Crippen molar-refractivity contribution in [3.8, 4) is 0 Å². The van der Waals surface area contributed by atoms with Crippen LogP contribution in [0.1, 0.15) is 42.0 Å². The van der Waals surface area contributed by atoms with Crippen LogP contribution in [-0.2, 0) is 17.6 Å². The SMILES string of the molecule is NC(=O)NC(CC(=O)Nc1cccc2c1CCCC2)c1ccc(Br)cc1. The molecule has 0 bridgehead atoms. The third kappa shape index (κ3) is 4.64. The van der Waals surface area contributed by atoms with Crippen LogP contribution in [0, 0.1) is 0 Å². The molecule has 0 aliphatic heterocycles. The first-order valence-electron chi connectivity index (χ1n) is 8.75. The van der Waals surface area contributed by atoms with Crippen LogP contribution in [0.15, 0.2) is 46.9 Å². The average molecular weight is 416 g/mol. The van der Waals surface area contributed by atoms with E-state index < -0.39 is 12.1 Å². The number of urea groups is 1. The van der Waals surface area contributed by atoms with E-state index in [-0.39, 0.29) is 12.3 Å². The van der Waals surface area contributed by atoms with E-state index in [1.807, 2.05) is 36.4 Å². The summed E-state index contributed by atoms with van der Waals surface area (Å²) in [5.41, 5.74) is 9.54. The fraction of sp³-hybridized carbons (Fsp3) is 0.300. The van der Waals surface area contributed by atoms with Gasteiger partial charge in [-0.1, -0.05) is 40.2 Å². The number of carbonyl (C=O) groups is 2. The van der Waals surface area contributed by atoms with Crippen molar-refractivity contribution in [3.05, 3.63) is 63.6 Å². The number of aryl methyl sites for hydroxylation is 1. The lowest BCUT2D eigenvalue weighted by atomic mass is 9.90. The number of carbonyl (C=O) groups excluding carboxylic acids is 2. The molecule has 2 aromatic carbocycles. The Kier molecular flexibility index (Phi) is 5.93. The van der Waals surface area contributed by atoms with Crippen molar-refractivity contribution in [2.24, 2.45) is 5.73 Å². The molecule has 136 valence electrons. The molecule has 0 aromatic heterocycles. The number of nitrogens with one attached hydrogen (secondary N) is 2. The minimum Gasteiger partial charge on any atom is -0.352 e. The second-order valence-corrected chi connectivity index (χ2v) is 7.43. The Morgan fingerprint density at radius 3 is 2.54 bits per heavy atom. The number of anilines is 1. The number of benzene rings is 2. The van der Waals surface area contributed by atoms with Gasteiger partial charge in [0.25, 0.3) is 0 Å². The third-order valence-electron chi connectivity index (χ3n) is 4.65. The Morgan fingerprint density at radius 1 is 1.08 bits per heavy atom. The van der Waals surface area contributed by atoms with Crippen molar-refractivity contribution in [2.45, 2.75) is 38.1 Å². The van der Waals surface area contributed by atoms with Crippen LogP contribution in [-0.4, -0.2) is 11.9 Å². The molecule has 5 nitrogen and oxygen atoms in total. The zero-order valence-corrected chi connectivity index (χ0v) is 16.0. The molecular weight excluding hydrogens is 394 g/mol. The van der Waals surface area contributed by atoms with Gasteiger partial charge in [0.1, 0.15) is 0 Å². The van der Waals surface area contributed by atoms with Gasteiger partial charge in [0, 0.05) is 10.2 Å². The predicted octanol–water partition coefficient (Wildman–Crippen LogP) is 4.07. The van der Waals surface area contributed by atoms with Gasteiger partial charge < -0.3 is 16.4 Å². The maximum atomic E-state index is 12.6. The smallest absolute Gasteiger partial charge is 0.312 e. The molecule has 6 heteroatoms. The van der Waals surface area contributed by atoms with Crippen molar-refractivity contribution in [1.29, 1.82) is 0 Å². The molecular formula is C20H22BrN3O2. The van der Waals surface area contributed by atoms with Gasteiger partial charge in [-0.15, -0.1) is 0 Å². The summed E-state index contributed by atoms with van der Waals surface area (Å²) in [6.45, 7) is 0. The molecule has 0 radical (unpaired) electrons. The lowest BCUT2D eigenvalue weighted by molar-refractivity contribution is -0.116. The van der Waals surface area contributed by atoms with Gasteiger partial charge in [0.2, 0.25) is 5.91 Å². The minimum absolute atomic E-state index is 0.119. The van der Waals surface area contributed by atoms with Crippen LogP contribution in [0.25, 0.3) is 0 Å². The summed E-state index contributed by atoms with van der Waals surface area (Å²) >= 11 is 3.38. The van der Waals surface area contributed by atoms with E-state index in [0.29, 0.717) is 0 Å². The van der Waals surface area contributed by atoms with Crippen molar-refractivity contribution in [1.82, 2.24) is 5.32 Å². The number of amides is 3. The highest BCUT2D eigenvalue weighted by Gasteiger charge is 2.19. The normalized spacial score (nSPS) is 14.2. The Bertz CT molecular complexity index is 805. The molecule has 0 saturated carbocycles. The molecule has 26 heavy (non-hydrogen) atoms. The van der Waals surface area contributed by atoms with Crippen molar-refractivity contribution >= 4 is 33.6 Å². The summed E-state index contributed by atoms with van der Waals surface area (Å²) in [4.78, 5) is 24.0. The van der Waals surface area contributed by atoms with E-state index >= 15 is 0 Å². The lowest BCUT2D eigenvalue weighted by Gasteiger charge is -2.21. The summed E-state index contributed by atoms with van der Waals surface area (Å²) < 4.78 is 0.930. The quantitative estimate of drug-likeness (QED) is 0.687. The van der Waals surface area contributed by atoms with Gasteiger partial charge in [0.05, 0.1) is 12.5 Å². The molecule has 0 fully saturated rings. The number of primary amides is 1. The highest BCUT2D eigenvalue weighted by molar-refractivity contribution is 9.10. The molecule has 3 rings (SSSR count). The number of fused-ring (bicyclic) bond motifs is 1. The van der Waals surface area contributed by atoms with E-state index in [9.17, 15) is 9.59 Å². The van der Waals surface area contributed by atoms with Crippen LogP contribution in [0.2, 0.25) is 0 Å². The number of nitrogens with two attached hydrogens (primary N) is 1. The molecule has 0 heterocycles. The van der Waals surface area contributed by atoms with Crippen LogP contribution in [0.5, 0.6) is 0 Å². The zero-order chi connectivity index (χ0) is 18.5. The Hall–Kier alpha value is -2.34. The van der Waals surface area contributed by atoms with E-state index in [2.05, 4.69) is 32.6 Å². The Labute approximate surface area is 161 Å². The van der Waals surface area contributed by atoms with E-state index in [1.165, 1.54) is 17.5 Å². The van der Waals surface area contributed by atoms with Crippen LogP contribution in [0.3, 0.4) is 0 Å². The topological polar surface area (TPSA) is 84.2 Å². The monoisotopic (exact) mass is 415 g/mol. The van der Waals surface area contributed by atoms with E-state index in [1.54, 1.807) is 0 Å². The van der Waals surface area contributed by atoms with Crippen molar-refractivity contribution in [2.75, 3.05) is 5.32 Å². The summed E-state index contributed by atoms with van der Waals surface area (Å²) in [5, 5.41) is 5.67. The average Bonchev–Trinajstić information content (AvgIpc) is 2.62. The second kappa shape index (κ2) is 8.36. The highest BCUT2D eigenvalue weighted by atomic mass is 79.9. The first-order chi connectivity index (χ1) is 12.5. The lowest BCUT2D eigenvalue weighted by Crippen LogP contribution is -2.35. The summed E-state index contributed by atoms with van der Waals surface area (Å²) in [6, 6.07) is 12.4. The van der Waals surface area contributed by atoms with Gasteiger partial charge >= 0.3 is 6.03 Å². The number of halogens is 1. The summed E-state index contributed by atoms with van der Waals surface area (Å²) in [7, 11) is 0. The zero-order valence-electron chi connectivity index (χ0n) is 14.4. The molecule has 1 aliphatic rings. The second-order valence-electron chi connectivity index (χ2n) is 6.52. The van der Waals surface area contributed by atoms with E-state index in [0.717, 1.165) is 35.0 Å². The predicted molar refractivity (Wildman–Crippen MR) is 106 cm³/mol. The van der Waals surface area contributed by atoms with Gasteiger partial charge in [-0.05, 0) is 60.6 Å². The van der Waals surface area contributed by atoms with Crippen molar-refractivity contribution in [3.63, 3.8) is 0 Å². The largest absolute Gasteiger partial charge is 0.352 e. The maximum absolute atomic E-state index is 12.6. The first-order valence-corrected chi connectivity index (χ1v) is 9.54. The molecule has 0 spiro atoms. The molecule has 3 amide bonds. The molecule has 4 N–H and O–H groups in total. The Morgan fingerprint density at radius 2 is 1.81 bits per heavy atom. The standard InChI is InChI=1S/C20H22BrN3O2/c21-15-10-8-14(9-11-15)18(24-20(22)26)12-19(25)23-17-7-3-5-13-4-1-2-6-16(13)17/h3,5,7-11,18H,1-2,4,6,12H2,(H,23,25)(H3,22,24,26). The molecule has 2 aromatic rings. The molecule has 0 saturated heterocycles. The van der Waals surface area contributed by atoms with Gasteiger partial charge in [-0.25, -0.2) is 4.79 Å². The fourth-order valence-electron chi connectivity index (χ4n) is 3.40. The molecule has 1 unspecified atom stereocenters. The van der Waals surface area contributed by atoms with Crippen molar-refractivity contribution < 1.29 is 9.59 Å². The van der Waals surface area contributed by atoms with Gasteiger partial charge in [-0.2, -0.15) is 0 Å². The van der Waals surface area contributed by atoms with E-state index in [4.69, 9.17) is 5.73 Å². The maximum Gasteiger partial charge on any atom is 0.312 e. The highest BCUT2D eigenvalue weighted by Crippen LogP contribution is 2.28. The molecule has 1 aliphatic carbocycles. The van der Waals surface area contributed by atoms with Crippen LogP contribution >= 0.6 is 15.9 Å². The summed E-state index contributed by atoms with van der Waals surface area (Å²) in [6.07, 6.45) is 4.50. The van der Waals surface area contributed by atoms with Crippen LogP contribution in [0.4, 0.5) is 10.5 Å². The van der Waals surface area contributed by atoms with Gasteiger partial charge in [0.15, 0.2) is 0 Å². The fourth-order valence-corrected chi connectivity index (χ4v) is 3.67. The summed E-state index contributed by atoms with van der Waals surface area (Å²) in [5.74, 6) is -0.148.